The smallest absolute Gasteiger partial charge is 0.267 e. The van der Waals surface area contributed by atoms with E-state index in [1.165, 1.54) is 18.3 Å². The van der Waals surface area contributed by atoms with Crippen LogP contribution in [0.5, 0.6) is 5.75 Å². The average Bonchev–Trinajstić information content (AvgIpc) is 3.36. The Morgan fingerprint density at radius 1 is 1.35 bits per heavy atom. The lowest BCUT2D eigenvalue weighted by Gasteiger charge is -2.20. The zero-order chi connectivity index (χ0) is 16.8. The third-order valence-electron chi connectivity index (χ3n) is 3.81. The Morgan fingerprint density at radius 2 is 2.00 bits per heavy atom. The molecule has 0 aliphatic heterocycles. The maximum absolute atomic E-state index is 12.1. The fraction of sp³-hybridized carbons (Fsp3) is 0.500. The summed E-state index contributed by atoms with van der Waals surface area (Å²) in [6.45, 7) is 2.25. The number of hydroxylamine groups is 1. The van der Waals surface area contributed by atoms with Crippen LogP contribution in [0.25, 0.3) is 0 Å². The minimum Gasteiger partial charge on any atom is -0.494 e. The number of hydrogen-bond acceptors (Lipinski definition) is 5. The van der Waals surface area contributed by atoms with Crippen molar-refractivity contribution in [1.29, 1.82) is 0 Å². The molecule has 0 saturated heterocycles. The van der Waals surface area contributed by atoms with Gasteiger partial charge in [-0.1, -0.05) is 12.8 Å². The van der Waals surface area contributed by atoms with E-state index >= 15 is 0 Å². The van der Waals surface area contributed by atoms with E-state index < -0.39 is 23.9 Å². The molecule has 1 aromatic carbocycles. The minimum absolute atomic E-state index is 0.385. The quantitative estimate of drug-likeness (QED) is 0.418. The van der Waals surface area contributed by atoms with E-state index in [4.69, 9.17) is 15.7 Å². The normalized spacial score (nSPS) is 16.3. The Bertz CT molecular complexity index is 541. The van der Waals surface area contributed by atoms with Crippen molar-refractivity contribution in [2.24, 2.45) is 11.7 Å². The summed E-state index contributed by atoms with van der Waals surface area (Å²) >= 11 is 0. The second kappa shape index (κ2) is 7.94. The molecule has 2 rings (SSSR count). The van der Waals surface area contributed by atoms with Gasteiger partial charge in [-0.05, 0) is 43.5 Å². The van der Waals surface area contributed by atoms with Crippen LogP contribution in [0.15, 0.2) is 24.3 Å². The summed E-state index contributed by atoms with van der Waals surface area (Å²) in [5.41, 5.74) is 7.52. The molecule has 0 heterocycles. The Morgan fingerprint density at radius 3 is 2.52 bits per heavy atom. The number of rotatable bonds is 8. The molecule has 5 N–H and O–H groups in total. The molecular formula is C16H23N3O4. The number of amides is 2. The van der Waals surface area contributed by atoms with Crippen molar-refractivity contribution in [2.45, 2.75) is 38.3 Å². The zero-order valence-corrected chi connectivity index (χ0v) is 13.1. The molecule has 2 atom stereocenters. The second-order valence-electron chi connectivity index (χ2n) is 5.89. The molecule has 126 valence electrons. The van der Waals surface area contributed by atoms with Crippen LogP contribution in [0.4, 0.5) is 0 Å². The Kier molecular flexibility index (Phi) is 5.95. The van der Waals surface area contributed by atoms with Gasteiger partial charge in [-0.3, -0.25) is 14.8 Å². The predicted octanol–water partition coefficient (Wildman–Crippen LogP) is 0.816. The maximum Gasteiger partial charge on any atom is 0.267 e. The third kappa shape index (κ3) is 5.22. The first-order chi connectivity index (χ1) is 11.0. The highest BCUT2D eigenvalue weighted by atomic mass is 16.5. The summed E-state index contributed by atoms with van der Waals surface area (Å²) in [5, 5.41) is 11.2. The Labute approximate surface area is 135 Å². The first-order valence-electron chi connectivity index (χ1n) is 7.74. The van der Waals surface area contributed by atoms with Crippen molar-refractivity contribution < 1.29 is 19.5 Å². The molecule has 7 heteroatoms. The lowest BCUT2D eigenvalue weighted by atomic mass is 10.1. The molecule has 0 bridgehead atoms. The number of carbonyl (C=O) groups excluding carboxylic acids is 2. The van der Waals surface area contributed by atoms with Gasteiger partial charge in [-0.2, -0.15) is 0 Å². The molecule has 23 heavy (non-hydrogen) atoms. The predicted molar refractivity (Wildman–Crippen MR) is 84.1 cm³/mol. The number of carbonyl (C=O) groups is 2. The van der Waals surface area contributed by atoms with Gasteiger partial charge in [0, 0.05) is 11.6 Å². The minimum atomic E-state index is -1.01. The zero-order valence-electron chi connectivity index (χ0n) is 13.1. The van der Waals surface area contributed by atoms with Gasteiger partial charge >= 0.3 is 0 Å². The summed E-state index contributed by atoms with van der Waals surface area (Å²) in [6, 6.07) is 5.02. The van der Waals surface area contributed by atoms with E-state index in [0.29, 0.717) is 17.9 Å². The first-order valence-corrected chi connectivity index (χ1v) is 7.74. The fourth-order valence-corrected chi connectivity index (χ4v) is 2.18. The van der Waals surface area contributed by atoms with Crippen LogP contribution >= 0.6 is 0 Å². The van der Waals surface area contributed by atoms with Gasteiger partial charge in [0.15, 0.2) is 0 Å². The van der Waals surface area contributed by atoms with Gasteiger partial charge < -0.3 is 15.8 Å². The molecule has 1 aromatic rings. The van der Waals surface area contributed by atoms with Crippen molar-refractivity contribution in [2.75, 3.05) is 6.61 Å². The number of hydrogen-bond donors (Lipinski definition) is 4. The standard InChI is InChI=1S/C16H23N3O4/c1-10(17)14(16(21)19-22)18-15(20)12-4-6-13(7-5-12)23-9-8-11-2-3-11/h4-7,10-11,14,22H,2-3,8-9,17H2,1H3,(H,18,20)(H,19,21)/t10-,14+/m1/s1. The van der Waals surface area contributed by atoms with Crippen molar-refractivity contribution >= 4 is 11.8 Å². The topological polar surface area (TPSA) is 114 Å². The summed E-state index contributed by atoms with van der Waals surface area (Å²) < 4.78 is 5.62. The molecule has 0 spiro atoms. The van der Waals surface area contributed by atoms with Crippen LogP contribution in [0.2, 0.25) is 0 Å². The van der Waals surface area contributed by atoms with Gasteiger partial charge in [-0.25, -0.2) is 5.48 Å². The highest BCUT2D eigenvalue weighted by Crippen LogP contribution is 2.32. The maximum atomic E-state index is 12.1. The lowest BCUT2D eigenvalue weighted by molar-refractivity contribution is -0.131. The molecular weight excluding hydrogens is 298 g/mol. The highest BCUT2D eigenvalue weighted by molar-refractivity contribution is 5.97. The molecule has 1 aliphatic carbocycles. The van der Waals surface area contributed by atoms with Crippen molar-refractivity contribution in [3.05, 3.63) is 29.8 Å². The number of ether oxygens (including phenoxy) is 1. The van der Waals surface area contributed by atoms with Gasteiger partial charge in [0.25, 0.3) is 11.8 Å². The van der Waals surface area contributed by atoms with Crippen molar-refractivity contribution in [1.82, 2.24) is 10.8 Å². The van der Waals surface area contributed by atoms with E-state index in [-0.39, 0.29) is 0 Å². The first kappa shape index (κ1) is 17.2. The van der Waals surface area contributed by atoms with Crippen LogP contribution < -0.4 is 21.3 Å². The van der Waals surface area contributed by atoms with Crippen LogP contribution in [0, 0.1) is 5.92 Å². The molecule has 0 unspecified atom stereocenters. The monoisotopic (exact) mass is 321 g/mol. The van der Waals surface area contributed by atoms with E-state index in [1.54, 1.807) is 31.2 Å². The summed E-state index contributed by atoms with van der Waals surface area (Å²) in [5.74, 6) is 0.320. The largest absolute Gasteiger partial charge is 0.494 e. The summed E-state index contributed by atoms with van der Waals surface area (Å²) in [4.78, 5) is 23.6. The number of nitrogens with one attached hydrogen (secondary N) is 2. The third-order valence-corrected chi connectivity index (χ3v) is 3.81. The molecule has 0 radical (unpaired) electrons. The molecule has 1 saturated carbocycles. The van der Waals surface area contributed by atoms with Gasteiger partial charge in [0.1, 0.15) is 11.8 Å². The molecule has 7 nitrogen and oxygen atoms in total. The van der Waals surface area contributed by atoms with E-state index in [1.807, 2.05) is 0 Å². The van der Waals surface area contributed by atoms with Crippen molar-refractivity contribution in [3.63, 3.8) is 0 Å². The lowest BCUT2D eigenvalue weighted by Crippen LogP contribution is -2.54. The molecule has 1 fully saturated rings. The summed E-state index contributed by atoms with van der Waals surface area (Å²) in [6.07, 6.45) is 3.66. The summed E-state index contributed by atoms with van der Waals surface area (Å²) in [7, 11) is 0. The molecule has 0 aromatic heterocycles. The van der Waals surface area contributed by atoms with Crippen LogP contribution in [0.1, 0.15) is 36.5 Å². The van der Waals surface area contributed by atoms with Gasteiger partial charge in [-0.15, -0.1) is 0 Å². The number of benzene rings is 1. The number of nitrogens with two attached hydrogens (primary N) is 1. The van der Waals surface area contributed by atoms with E-state index in [2.05, 4.69) is 5.32 Å². The second-order valence-corrected chi connectivity index (χ2v) is 5.89. The average molecular weight is 321 g/mol. The highest BCUT2D eigenvalue weighted by Gasteiger charge is 2.24. The van der Waals surface area contributed by atoms with Crippen LogP contribution in [0.3, 0.4) is 0 Å². The van der Waals surface area contributed by atoms with Gasteiger partial charge in [0.05, 0.1) is 6.61 Å². The van der Waals surface area contributed by atoms with Crippen molar-refractivity contribution in [3.8, 4) is 5.75 Å². The Balaban J connectivity index is 1.89. The van der Waals surface area contributed by atoms with E-state index in [0.717, 1.165) is 12.3 Å². The van der Waals surface area contributed by atoms with E-state index in [9.17, 15) is 9.59 Å². The fourth-order valence-electron chi connectivity index (χ4n) is 2.18. The molecule has 1 aliphatic rings. The van der Waals surface area contributed by atoms with Crippen LogP contribution in [-0.4, -0.2) is 35.7 Å². The van der Waals surface area contributed by atoms with Crippen LogP contribution in [-0.2, 0) is 4.79 Å². The Hall–Kier alpha value is -2.12. The SMILES string of the molecule is C[C@@H](N)[C@H](NC(=O)c1ccc(OCCC2CC2)cc1)C(=O)NO. The van der Waals surface area contributed by atoms with Gasteiger partial charge in [0.2, 0.25) is 0 Å². The molecule has 2 amide bonds.